The van der Waals surface area contributed by atoms with Gasteiger partial charge in [0.05, 0.1) is 5.69 Å². The topological polar surface area (TPSA) is 17.3 Å². The van der Waals surface area contributed by atoms with Crippen molar-refractivity contribution in [2.45, 2.75) is 39.5 Å². The van der Waals surface area contributed by atoms with Crippen LogP contribution in [0.4, 0.5) is 0 Å². The van der Waals surface area contributed by atoms with Gasteiger partial charge >= 0.3 is 0 Å². The summed E-state index contributed by atoms with van der Waals surface area (Å²) in [6, 6.07) is 8.69. The van der Waals surface area contributed by atoms with Crippen LogP contribution in [0.15, 0.2) is 24.3 Å². The number of aryl methyl sites for hydroxylation is 4. The van der Waals surface area contributed by atoms with Gasteiger partial charge in [-0.25, -0.2) is 4.98 Å². The molecule has 0 bridgehead atoms. The first-order valence-corrected chi connectivity index (χ1v) is 8.12. The fourth-order valence-electron chi connectivity index (χ4n) is 3.17. The maximum atomic E-state index is 4.90. The summed E-state index contributed by atoms with van der Waals surface area (Å²) in [5.41, 5.74) is 6.48. The van der Waals surface area contributed by atoms with E-state index < -0.39 is 0 Å². The van der Waals surface area contributed by atoms with Crippen LogP contribution >= 0.6 is 11.3 Å². The number of thiazole rings is 1. The molecule has 102 valence electrons. The molecule has 2 heterocycles. The third kappa shape index (κ3) is 1.73. The largest absolute Gasteiger partial charge is 0.291 e. The van der Waals surface area contributed by atoms with Crippen LogP contribution in [0.3, 0.4) is 0 Å². The zero-order valence-electron chi connectivity index (χ0n) is 11.9. The molecular weight excluding hydrogens is 264 g/mol. The lowest BCUT2D eigenvalue weighted by Gasteiger charge is -2.11. The molecule has 3 aromatic rings. The van der Waals surface area contributed by atoms with Crippen LogP contribution in [0.2, 0.25) is 0 Å². The Morgan fingerprint density at radius 1 is 1.05 bits per heavy atom. The average molecular weight is 282 g/mol. The summed E-state index contributed by atoms with van der Waals surface area (Å²) in [6.45, 7) is 4.33. The summed E-state index contributed by atoms with van der Waals surface area (Å²) in [5, 5.41) is 0. The van der Waals surface area contributed by atoms with Crippen molar-refractivity contribution in [1.29, 1.82) is 0 Å². The molecule has 0 saturated heterocycles. The summed E-state index contributed by atoms with van der Waals surface area (Å²) >= 11 is 1.88. The fourth-order valence-corrected chi connectivity index (χ4v) is 4.42. The Labute approximate surface area is 123 Å². The van der Waals surface area contributed by atoms with E-state index in [9.17, 15) is 0 Å². The molecule has 4 rings (SSSR count). The number of fused-ring (bicyclic) bond motifs is 3. The fraction of sp³-hybridized carbons (Fsp3) is 0.353. The highest BCUT2D eigenvalue weighted by Crippen LogP contribution is 2.34. The second-order valence-electron chi connectivity index (χ2n) is 5.71. The van der Waals surface area contributed by atoms with Gasteiger partial charge in [-0.1, -0.05) is 29.8 Å². The maximum absolute atomic E-state index is 4.90. The minimum absolute atomic E-state index is 1.14. The van der Waals surface area contributed by atoms with Crippen LogP contribution in [-0.2, 0) is 12.8 Å². The second kappa shape index (κ2) is 4.45. The molecule has 0 spiro atoms. The molecular formula is C17H18N2S. The number of hydrogen-bond donors (Lipinski definition) is 0. The molecule has 0 N–H and O–H groups in total. The Balaban J connectivity index is 1.91. The number of rotatable bonds is 1. The predicted molar refractivity (Wildman–Crippen MR) is 84.6 cm³/mol. The quantitative estimate of drug-likeness (QED) is 0.639. The Kier molecular flexibility index (Phi) is 2.71. The van der Waals surface area contributed by atoms with E-state index >= 15 is 0 Å². The van der Waals surface area contributed by atoms with E-state index in [0.29, 0.717) is 0 Å². The van der Waals surface area contributed by atoms with E-state index in [1.54, 1.807) is 4.88 Å². The number of benzene rings is 1. The Morgan fingerprint density at radius 2 is 1.80 bits per heavy atom. The molecule has 0 atom stereocenters. The molecule has 20 heavy (non-hydrogen) atoms. The minimum atomic E-state index is 1.14. The highest BCUT2D eigenvalue weighted by Gasteiger charge is 2.20. The Morgan fingerprint density at radius 3 is 2.60 bits per heavy atom. The molecule has 3 heteroatoms. The molecule has 0 saturated carbocycles. The first-order valence-electron chi connectivity index (χ1n) is 7.30. The van der Waals surface area contributed by atoms with Gasteiger partial charge in [-0.3, -0.25) is 4.40 Å². The molecule has 1 aliphatic rings. The van der Waals surface area contributed by atoms with Crippen LogP contribution in [0.5, 0.6) is 0 Å². The molecule has 2 nitrogen and oxygen atoms in total. The van der Waals surface area contributed by atoms with E-state index in [4.69, 9.17) is 4.98 Å². The van der Waals surface area contributed by atoms with E-state index in [2.05, 4.69) is 42.5 Å². The lowest BCUT2D eigenvalue weighted by molar-refractivity contribution is 0.672. The smallest absolute Gasteiger partial charge is 0.194 e. The standard InChI is InChI=1S/C17H18N2S/c1-11-7-9-13(10-8-11)16-12(2)19-14-5-3-4-6-15(14)20-17(19)18-16/h7-10H,3-6H2,1-2H3. The average Bonchev–Trinajstić information content (AvgIpc) is 2.97. The summed E-state index contributed by atoms with van der Waals surface area (Å²) in [7, 11) is 0. The third-order valence-electron chi connectivity index (χ3n) is 4.28. The van der Waals surface area contributed by atoms with Gasteiger partial charge < -0.3 is 0 Å². The summed E-state index contributed by atoms with van der Waals surface area (Å²) in [5.74, 6) is 0. The van der Waals surface area contributed by atoms with E-state index in [1.165, 1.54) is 53.2 Å². The molecule has 0 radical (unpaired) electrons. The number of imidazole rings is 1. The molecule has 2 aromatic heterocycles. The van der Waals surface area contributed by atoms with Crippen molar-refractivity contribution in [3.63, 3.8) is 0 Å². The summed E-state index contributed by atoms with van der Waals surface area (Å²) < 4.78 is 2.40. The highest BCUT2D eigenvalue weighted by molar-refractivity contribution is 7.17. The Bertz CT molecular complexity index is 778. The van der Waals surface area contributed by atoms with Gasteiger partial charge in [-0.05, 0) is 39.5 Å². The van der Waals surface area contributed by atoms with Crippen molar-refractivity contribution in [3.8, 4) is 11.3 Å². The van der Waals surface area contributed by atoms with Gasteiger partial charge in [0.25, 0.3) is 0 Å². The van der Waals surface area contributed by atoms with Gasteiger partial charge in [0.1, 0.15) is 0 Å². The lowest BCUT2D eigenvalue weighted by Crippen LogP contribution is -2.03. The summed E-state index contributed by atoms with van der Waals surface area (Å²) in [4.78, 5) is 7.62. The van der Waals surface area contributed by atoms with Crippen LogP contribution in [0.1, 0.15) is 34.7 Å². The van der Waals surface area contributed by atoms with E-state index in [-0.39, 0.29) is 0 Å². The lowest BCUT2D eigenvalue weighted by atomic mass is 10.0. The first-order chi connectivity index (χ1) is 9.74. The van der Waals surface area contributed by atoms with Crippen LogP contribution < -0.4 is 0 Å². The second-order valence-corrected chi connectivity index (χ2v) is 6.77. The molecule has 0 unspecified atom stereocenters. The molecule has 0 fully saturated rings. The number of aromatic nitrogens is 2. The number of hydrogen-bond acceptors (Lipinski definition) is 2. The predicted octanol–water partition coefficient (Wildman–Crippen LogP) is 4.56. The molecule has 0 aliphatic heterocycles. The minimum Gasteiger partial charge on any atom is -0.291 e. The van der Waals surface area contributed by atoms with Crippen molar-refractivity contribution < 1.29 is 0 Å². The van der Waals surface area contributed by atoms with Gasteiger partial charge in [0, 0.05) is 21.8 Å². The van der Waals surface area contributed by atoms with Crippen molar-refractivity contribution in [1.82, 2.24) is 9.38 Å². The van der Waals surface area contributed by atoms with Gasteiger partial charge in [-0.15, -0.1) is 11.3 Å². The monoisotopic (exact) mass is 282 g/mol. The van der Waals surface area contributed by atoms with Crippen molar-refractivity contribution in [2.24, 2.45) is 0 Å². The van der Waals surface area contributed by atoms with Crippen LogP contribution in [0.25, 0.3) is 16.2 Å². The third-order valence-corrected chi connectivity index (χ3v) is 5.42. The van der Waals surface area contributed by atoms with Gasteiger partial charge in [-0.2, -0.15) is 0 Å². The first kappa shape index (κ1) is 12.2. The van der Waals surface area contributed by atoms with Crippen LogP contribution in [-0.4, -0.2) is 9.38 Å². The van der Waals surface area contributed by atoms with Crippen molar-refractivity contribution in [2.75, 3.05) is 0 Å². The maximum Gasteiger partial charge on any atom is 0.194 e. The highest BCUT2D eigenvalue weighted by atomic mass is 32.1. The SMILES string of the molecule is Cc1ccc(-c2nc3sc4c(n3c2C)CCCC4)cc1. The van der Waals surface area contributed by atoms with E-state index in [0.717, 1.165) is 5.69 Å². The van der Waals surface area contributed by atoms with Crippen LogP contribution in [0, 0.1) is 13.8 Å². The normalized spacial score (nSPS) is 14.7. The summed E-state index contributed by atoms with van der Waals surface area (Å²) in [6.07, 6.45) is 5.10. The molecule has 0 amide bonds. The zero-order valence-corrected chi connectivity index (χ0v) is 12.8. The van der Waals surface area contributed by atoms with E-state index in [1.807, 2.05) is 11.3 Å². The van der Waals surface area contributed by atoms with Gasteiger partial charge in [0.15, 0.2) is 4.96 Å². The molecule has 1 aromatic carbocycles. The number of nitrogens with zero attached hydrogens (tertiary/aromatic N) is 2. The Hall–Kier alpha value is -1.61. The van der Waals surface area contributed by atoms with Crippen molar-refractivity contribution in [3.05, 3.63) is 46.1 Å². The zero-order chi connectivity index (χ0) is 13.7. The van der Waals surface area contributed by atoms with Gasteiger partial charge in [0.2, 0.25) is 0 Å². The molecule has 1 aliphatic carbocycles. The van der Waals surface area contributed by atoms with Crippen molar-refractivity contribution >= 4 is 16.3 Å².